The predicted octanol–water partition coefficient (Wildman–Crippen LogP) is 0.253. The highest BCUT2D eigenvalue weighted by molar-refractivity contribution is 5.92. The fraction of sp³-hybridized carbons (Fsp3) is 0.474. The van der Waals surface area contributed by atoms with Gasteiger partial charge >= 0.3 is 0 Å². The lowest BCUT2D eigenvalue weighted by Gasteiger charge is -2.29. The van der Waals surface area contributed by atoms with Crippen LogP contribution in [0.2, 0.25) is 0 Å². The molecular weight excluding hydrogens is 346 g/mol. The summed E-state index contributed by atoms with van der Waals surface area (Å²) in [5.74, 6) is 0.841. The van der Waals surface area contributed by atoms with Crippen LogP contribution < -0.4 is 10.5 Å². The van der Waals surface area contributed by atoms with E-state index in [9.17, 15) is 9.59 Å². The molecule has 4 rings (SSSR count). The minimum absolute atomic E-state index is 0.121. The maximum Gasteiger partial charge on any atom is 0.270 e. The summed E-state index contributed by atoms with van der Waals surface area (Å²) in [7, 11) is 1.63. The number of carbonyl (C=O) groups excluding carboxylic acids is 1. The van der Waals surface area contributed by atoms with Crippen LogP contribution in [-0.4, -0.2) is 64.7 Å². The maximum absolute atomic E-state index is 13.0. The van der Waals surface area contributed by atoms with Gasteiger partial charge in [-0.1, -0.05) is 6.07 Å². The predicted molar refractivity (Wildman–Crippen MR) is 100 cm³/mol. The lowest BCUT2D eigenvalue weighted by atomic mass is 10.1. The van der Waals surface area contributed by atoms with Gasteiger partial charge in [-0.15, -0.1) is 0 Å². The van der Waals surface area contributed by atoms with Gasteiger partial charge in [-0.05, 0) is 12.5 Å². The van der Waals surface area contributed by atoms with Crippen LogP contribution in [0.15, 0.2) is 29.3 Å². The monoisotopic (exact) mass is 369 g/mol. The van der Waals surface area contributed by atoms with Gasteiger partial charge in [0.25, 0.3) is 11.5 Å². The van der Waals surface area contributed by atoms with E-state index < -0.39 is 0 Å². The summed E-state index contributed by atoms with van der Waals surface area (Å²) >= 11 is 0. The number of aromatic nitrogens is 3. The number of morpholine rings is 1. The van der Waals surface area contributed by atoms with Gasteiger partial charge in [-0.3, -0.25) is 9.59 Å². The first-order valence-corrected chi connectivity index (χ1v) is 9.26. The first-order valence-electron chi connectivity index (χ1n) is 9.26. The third-order valence-electron chi connectivity index (χ3n) is 5.26. The Morgan fingerprint density at radius 2 is 1.85 bits per heavy atom. The largest absolute Gasteiger partial charge is 0.378 e. The number of hydrogen-bond donors (Lipinski definition) is 0. The zero-order chi connectivity index (χ0) is 18.8. The summed E-state index contributed by atoms with van der Waals surface area (Å²) in [5, 5.41) is 0. The van der Waals surface area contributed by atoms with Crippen molar-refractivity contribution in [3.8, 4) is 0 Å². The van der Waals surface area contributed by atoms with Crippen molar-refractivity contribution in [3.63, 3.8) is 0 Å². The summed E-state index contributed by atoms with van der Waals surface area (Å²) in [6, 6.07) is 4.78. The highest BCUT2D eigenvalue weighted by Crippen LogP contribution is 2.24. The van der Waals surface area contributed by atoms with Crippen LogP contribution >= 0.6 is 0 Å². The Morgan fingerprint density at radius 1 is 1.07 bits per heavy atom. The molecule has 4 heterocycles. The van der Waals surface area contributed by atoms with Crippen molar-refractivity contribution in [2.45, 2.75) is 12.8 Å². The molecule has 2 aliphatic rings. The van der Waals surface area contributed by atoms with Gasteiger partial charge in [0.2, 0.25) is 0 Å². The molecule has 0 aliphatic carbocycles. The maximum atomic E-state index is 13.0. The van der Waals surface area contributed by atoms with E-state index in [1.807, 2.05) is 0 Å². The number of anilines is 1. The van der Waals surface area contributed by atoms with E-state index in [-0.39, 0.29) is 11.5 Å². The second-order valence-electron chi connectivity index (χ2n) is 6.82. The van der Waals surface area contributed by atoms with Crippen molar-refractivity contribution in [2.75, 3.05) is 44.3 Å². The molecule has 0 aromatic carbocycles. The molecule has 2 aliphatic heterocycles. The molecule has 8 nitrogen and oxygen atoms in total. The third kappa shape index (κ3) is 3.44. The molecule has 0 N–H and O–H groups in total. The van der Waals surface area contributed by atoms with Crippen molar-refractivity contribution in [1.29, 1.82) is 0 Å². The van der Waals surface area contributed by atoms with Gasteiger partial charge in [-0.25, -0.2) is 9.97 Å². The number of fused-ring (bicyclic) bond motifs is 1. The molecule has 1 fully saturated rings. The lowest BCUT2D eigenvalue weighted by molar-refractivity contribution is 0.0752. The van der Waals surface area contributed by atoms with Gasteiger partial charge in [0, 0.05) is 51.3 Å². The number of rotatable bonds is 2. The number of nitrogens with zero attached hydrogens (tertiary/aromatic N) is 5. The quantitative estimate of drug-likeness (QED) is 0.755. The van der Waals surface area contributed by atoms with Crippen LogP contribution in [0, 0.1) is 0 Å². The number of carbonyl (C=O) groups is 1. The fourth-order valence-corrected chi connectivity index (χ4v) is 3.70. The standard InChI is InChI=1S/C19H23N5O3/c1-22-16(3-2-4-17(22)25)19(26)24-7-5-14-15(6-8-24)20-13-21-18(14)23-9-11-27-12-10-23/h2-4,13H,5-12H2,1H3. The molecule has 0 saturated carbocycles. The van der Waals surface area contributed by atoms with Crippen molar-refractivity contribution >= 4 is 11.7 Å². The van der Waals surface area contributed by atoms with E-state index in [1.165, 1.54) is 10.6 Å². The molecule has 2 aromatic heterocycles. The van der Waals surface area contributed by atoms with Crippen molar-refractivity contribution < 1.29 is 9.53 Å². The average Bonchev–Trinajstić information content (AvgIpc) is 2.93. The molecule has 1 saturated heterocycles. The normalized spacial score (nSPS) is 17.4. The molecule has 0 radical (unpaired) electrons. The van der Waals surface area contributed by atoms with Gasteiger partial charge in [0.15, 0.2) is 0 Å². The number of amides is 1. The van der Waals surface area contributed by atoms with Crippen LogP contribution in [0.25, 0.3) is 0 Å². The van der Waals surface area contributed by atoms with Crippen LogP contribution in [0.5, 0.6) is 0 Å². The molecule has 0 unspecified atom stereocenters. The molecule has 27 heavy (non-hydrogen) atoms. The minimum Gasteiger partial charge on any atom is -0.378 e. The SMILES string of the molecule is Cn1c(C(=O)N2CCc3ncnc(N4CCOCC4)c3CC2)cccc1=O. The number of hydrogen-bond acceptors (Lipinski definition) is 6. The Balaban J connectivity index is 1.57. The molecule has 1 amide bonds. The second-order valence-corrected chi connectivity index (χ2v) is 6.82. The highest BCUT2D eigenvalue weighted by Gasteiger charge is 2.26. The molecule has 0 atom stereocenters. The lowest BCUT2D eigenvalue weighted by Crippen LogP contribution is -2.38. The molecule has 142 valence electrons. The van der Waals surface area contributed by atoms with Crippen molar-refractivity contribution in [2.24, 2.45) is 7.05 Å². The Bertz CT molecular complexity index is 904. The van der Waals surface area contributed by atoms with Crippen LogP contribution in [0.3, 0.4) is 0 Å². The Labute approximate surface area is 157 Å². The summed E-state index contributed by atoms with van der Waals surface area (Å²) < 4.78 is 6.84. The topological polar surface area (TPSA) is 80.6 Å². The van der Waals surface area contributed by atoms with E-state index >= 15 is 0 Å². The molecular formula is C19H23N5O3. The number of ether oxygens (including phenoxy) is 1. The summed E-state index contributed by atoms with van der Waals surface area (Å²) in [5.41, 5.74) is 2.35. The highest BCUT2D eigenvalue weighted by atomic mass is 16.5. The first kappa shape index (κ1) is 17.7. The van der Waals surface area contributed by atoms with E-state index in [1.54, 1.807) is 30.4 Å². The second kappa shape index (κ2) is 7.48. The van der Waals surface area contributed by atoms with Crippen LogP contribution in [0.1, 0.15) is 21.7 Å². The zero-order valence-corrected chi connectivity index (χ0v) is 15.4. The van der Waals surface area contributed by atoms with Crippen LogP contribution in [-0.2, 0) is 24.6 Å². The Morgan fingerprint density at radius 3 is 2.67 bits per heavy atom. The zero-order valence-electron chi connectivity index (χ0n) is 15.4. The third-order valence-corrected chi connectivity index (χ3v) is 5.26. The number of pyridine rings is 1. The van der Waals surface area contributed by atoms with Gasteiger partial charge in [-0.2, -0.15) is 0 Å². The van der Waals surface area contributed by atoms with E-state index in [0.29, 0.717) is 44.8 Å². The van der Waals surface area contributed by atoms with E-state index in [4.69, 9.17) is 4.74 Å². The van der Waals surface area contributed by atoms with E-state index in [0.717, 1.165) is 30.2 Å². The van der Waals surface area contributed by atoms with E-state index in [2.05, 4.69) is 14.9 Å². The average molecular weight is 369 g/mol. The minimum atomic E-state index is -0.181. The van der Waals surface area contributed by atoms with Crippen molar-refractivity contribution in [1.82, 2.24) is 19.4 Å². The Hall–Kier alpha value is -2.74. The smallest absolute Gasteiger partial charge is 0.270 e. The summed E-state index contributed by atoms with van der Waals surface area (Å²) in [4.78, 5) is 37.9. The van der Waals surface area contributed by atoms with Gasteiger partial charge in [0.05, 0.1) is 18.9 Å². The fourth-order valence-electron chi connectivity index (χ4n) is 3.70. The van der Waals surface area contributed by atoms with Crippen LogP contribution in [0.4, 0.5) is 5.82 Å². The van der Waals surface area contributed by atoms with Gasteiger partial charge in [0.1, 0.15) is 17.8 Å². The molecule has 2 aromatic rings. The van der Waals surface area contributed by atoms with Gasteiger partial charge < -0.3 is 19.1 Å². The molecule has 0 bridgehead atoms. The molecule has 0 spiro atoms. The first-order chi connectivity index (χ1) is 13.1. The summed E-state index contributed by atoms with van der Waals surface area (Å²) in [6.07, 6.45) is 3.00. The van der Waals surface area contributed by atoms with Crippen molar-refractivity contribution in [3.05, 3.63) is 51.8 Å². The Kier molecular flexibility index (Phi) is 4.89. The molecule has 8 heteroatoms. The summed E-state index contributed by atoms with van der Waals surface area (Å²) in [6.45, 7) is 4.20.